The summed E-state index contributed by atoms with van der Waals surface area (Å²) in [7, 11) is 0. The maximum Gasteiger partial charge on any atom is 0.303 e. The Labute approximate surface area is 105 Å². The minimum absolute atomic E-state index is 0.240. The molecule has 1 amide bonds. The average Bonchev–Trinajstić information content (AvgIpc) is 2.54. The zero-order chi connectivity index (χ0) is 13.3. The number of esters is 2. The Kier molecular flexibility index (Phi) is 3.36. The van der Waals surface area contributed by atoms with Crippen molar-refractivity contribution in [1.29, 1.82) is 0 Å². The fourth-order valence-corrected chi connectivity index (χ4v) is 2.39. The molecule has 3 atom stereocenters. The summed E-state index contributed by atoms with van der Waals surface area (Å²) < 4.78 is 10.1. The van der Waals surface area contributed by atoms with Crippen molar-refractivity contribution in [3.63, 3.8) is 0 Å². The normalized spacial score (nSPS) is 30.0. The van der Waals surface area contributed by atoms with Crippen LogP contribution in [0.3, 0.4) is 0 Å². The summed E-state index contributed by atoms with van der Waals surface area (Å²) in [6.07, 6.45) is 2.66. The number of hydrogen-bond donors (Lipinski definition) is 0. The number of fused-ring (bicyclic) bond motifs is 1. The molecule has 0 N–H and O–H groups in total. The zero-order valence-electron chi connectivity index (χ0n) is 10.3. The van der Waals surface area contributed by atoms with Crippen LogP contribution < -0.4 is 0 Å². The van der Waals surface area contributed by atoms with E-state index in [0.717, 1.165) is 0 Å². The molecule has 1 fully saturated rings. The van der Waals surface area contributed by atoms with Crippen LogP contribution in [0.15, 0.2) is 12.2 Å². The fourth-order valence-electron chi connectivity index (χ4n) is 2.39. The summed E-state index contributed by atoms with van der Waals surface area (Å²) in [5.74, 6) is -1.34. The van der Waals surface area contributed by atoms with Gasteiger partial charge in [0.2, 0.25) is 6.10 Å². The van der Waals surface area contributed by atoms with Gasteiger partial charge in [-0.2, -0.15) is 0 Å². The van der Waals surface area contributed by atoms with Crippen molar-refractivity contribution < 1.29 is 23.9 Å². The molecule has 6 nitrogen and oxygen atoms in total. The smallest absolute Gasteiger partial charge is 0.303 e. The molecule has 0 unspecified atom stereocenters. The number of carbonyl (C=O) groups excluding carboxylic acids is 3. The van der Waals surface area contributed by atoms with Gasteiger partial charge in [0, 0.05) is 20.4 Å². The van der Waals surface area contributed by atoms with Crippen LogP contribution >= 0.6 is 0 Å². The lowest BCUT2D eigenvalue weighted by Gasteiger charge is -2.28. The minimum atomic E-state index is -1.02. The Morgan fingerprint density at radius 2 is 1.89 bits per heavy atom. The number of rotatable bonds is 2. The third-order valence-corrected chi connectivity index (χ3v) is 3.05. The maximum absolute atomic E-state index is 12.1. The van der Waals surface area contributed by atoms with Crippen LogP contribution in [0.1, 0.15) is 20.3 Å². The molecule has 98 valence electrons. The van der Waals surface area contributed by atoms with E-state index < -0.39 is 24.1 Å². The summed E-state index contributed by atoms with van der Waals surface area (Å²) in [5, 5.41) is 0. The predicted octanol–water partition coefficient (Wildman–Crippen LogP) is 0.0205. The molecule has 2 aliphatic heterocycles. The first-order valence-corrected chi connectivity index (χ1v) is 5.80. The molecule has 0 saturated carbocycles. The molecular formula is C12H15NO5. The van der Waals surface area contributed by atoms with Crippen molar-refractivity contribution in [2.24, 2.45) is 0 Å². The van der Waals surface area contributed by atoms with Gasteiger partial charge >= 0.3 is 11.9 Å². The first-order chi connectivity index (χ1) is 8.50. The molecule has 2 heterocycles. The number of hydrogen-bond acceptors (Lipinski definition) is 5. The molecule has 6 heteroatoms. The molecule has 2 rings (SSSR count). The van der Waals surface area contributed by atoms with Gasteiger partial charge in [0.1, 0.15) is 0 Å². The minimum Gasteiger partial charge on any atom is -0.456 e. The molecule has 0 aromatic rings. The van der Waals surface area contributed by atoms with Gasteiger partial charge in [-0.05, 0) is 6.42 Å². The number of amides is 1. The number of nitrogens with zero attached hydrogens (tertiary/aromatic N) is 1. The lowest BCUT2D eigenvalue weighted by atomic mass is 10.0. The van der Waals surface area contributed by atoms with Crippen molar-refractivity contribution in [3.05, 3.63) is 12.2 Å². The second-order valence-electron chi connectivity index (χ2n) is 4.37. The molecule has 0 bridgehead atoms. The van der Waals surface area contributed by atoms with E-state index in [0.29, 0.717) is 13.0 Å². The van der Waals surface area contributed by atoms with E-state index in [4.69, 9.17) is 9.47 Å². The zero-order valence-corrected chi connectivity index (χ0v) is 10.3. The predicted molar refractivity (Wildman–Crippen MR) is 60.4 cm³/mol. The van der Waals surface area contributed by atoms with E-state index >= 15 is 0 Å². The van der Waals surface area contributed by atoms with Gasteiger partial charge in [-0.15, -0.1) is 0 Å². The third-order valence-electron chi connectivity index (χ3n) is 3.05. The number of ether oxygens (including phenoxy) is 2. The highest BCUT2D eigenvalue weighted by atomic mass is 16.6. The summed E-state index contributed by atoms with van der Waals surface area (Å²) in [6.45, 7) is 2.96. The van der Waals surface area contributed by atoms with Gasteiger partial charge in [-0.1, -0.05) is 12.2 Å². The first-order valence-electron chi connectivity index (χ1n) is 5.80. The second-order valence-corrected chi connectivity index (χ2v) is 4.37. The lowest BCUT2D eigenvalue weighted by molar-refractivity contribution is -0.165. The highest BCUT2D eigenvalue weighted by Gasteiger charge is 2.52. The van der Waals surface area contributed by atoms with Gasteiger partial charge in [-0.25, -0.2) is 0 Å². The van der Waals surface area contributed by atoms with E-state index in [1.165, 1.54) is 13.8 Å². The highest BCUT2D eigenvalue weighted by molar-refractivity contribution is 5.87. The molecule has 0 aromatic carbocycles. The first kappa shape index (κ1) is 12.6. The fraction of sp³-hybridized carbons (Fsp3) is 0.583. The summed E-state index contributed by atoms with van der Waals surface area (Å²) in [5.41, 5.74) is 0. The highest BCUT2D eigenvalue weighted by Crippen LogP contribution is 2.30. The number of carbonyl (C=O) groups is 3. The molecule has 1 saturated heterocycles. The van der Waals surface area contributed by atoms with Gasteiger partial charge < -0.3 is 14.4 Å². The molecular weight excluding hydrogens is 238 g/mol. The van der Waals surface area contributed by atoms with Crippen molar-refractivity contribution in [1.82, 2.24) is 4.90 Å². The summed E-state index contributed by atoms with van der Waals surface area (Å²) in [4.78, 5) is 35.8. The molecule has 0 radical (unpaired) electrons. The van der Waals surface area contributed by atoms with Crippen molar-refractivity contribution >= 4 is 17.8 Å². The lowest BCUT2D eigenvalue weighted by Crippen LogP contribution is -2.40. The van der Waals surface area contributed by atoms with E-state index in [1.54, 1.807) is 4.90 Å². The van der Waals surface area contributed by atoms with Gasteiger partial charge in [0.05, 0.1) is 6.04 Å². The van der Waals surface area contributed by atoms with Gasteiger partial charge in [0.15, 0.2) is 6.10 Å². The Balaban J connectivity index is 2.23. The average molecular weight is 253 g/mol. The Bertz CT molecular complexity index is 417. The monoisotopic (exact) mass is 253 g/mol. The standard InChI is InChI=1S/C12H15NO5/c1-7(14)17-10-9-5-3-4-6-13(9)12(16)11(10)18-8(2)15/h3-4,9-11H,5-6H2,1-2H3/t9-,10+,11-/m1/s1. The van der Waals surface area contributed by atoms with Crippen LogP contribution in [0.5, 0.6) is 0 Å². The van der Waals surface area contributed by atoms with Crippen LogP contribution in [-0.2, 0) is 23.9 Å². The Morgan fingerprint density at radius 3 is 2.50 bits per heavy atom. The van der Waals surface area contributed by atoms with E-state index in [2.05, 4.69) is 0 Å². The Hall–Kier alpha value is -1.85. The molecule has 0 spiro atoms. The van der Waals surface area contributed by atoms with Crippen LogP contribution in [-0.4, -0.2) is 47.5 Å². The van der Waals surface area contributed by atoms with Gasteiger partial charge in [-0.3, -0.25) is 14.4 Å². The summed E-state index contributed by atoms with van der Waals surface area (Å²) >= 11 is 0. The topological polar surface area (TPSA) is 72.9 Å². The summed E-state index contributed by atoms with van der Waals surface area (Å²) in [6, 6.07) is -0.240. The van der Waals surface area contributed by atoms with E-state index in [-0.39, 0.29) is 11.9 Å². The van der Waals surface area contributed by atoms with Crippen LogP contribution in [0.4, 0.5) is 0 Å². The maximum atomic E-state index is 12.1. The molecule has 0 aromatic heterocycles. The van der Waals surface area contributed by atoms with E-state index in [1.807, 2.05) is 12.2 Å². The SMILES string of the molecule is CC(=O)O[C@H]1[C@H]2CC=CCN2C(=O)[C@@H]1OC(C)=O. The largest absolute Gasteiger partial charge is 0.456 e. The van der Waals surface area contributed by atoms with Crippen molar-refractivity contribution in [2.45, 2.75) is 38.5 Å². The van der Waals surface area contributed by atoms with Crippen molar-refractivity contribution in [2.75, 3.05) is 6.54 Å². The molecule has 18 heavy (non-hydrogen) atoms. The van der Waals surface area contributed by atoms with Gasteiger partial charge in [0.25, 0.3) is 5.91 Å². The Morgan fingerprint density at radius 1 is 1.22 bits per heavy atom. The quantitative estimate of drug-likeness (QED) is 0.512. The van der Waals surface area contributed by atoms with E-state index in [9.17, 15) is 14.4 Å². The molecule has 0 aliphatic carbocycles. The second kappa shape index (κ2) is 4.80. The van der Waals surface area contributed by atoms with Crippen LogP contribution in [0, 0.1) is 0 Å². The van der Waals surface area contributed by atoms with Crippen molar-refractivity contribution in [3.8, 4) is 0 Å². The third kappa shape index (κ3) is 2.23. The molecule has 2 aliphatic rings. The van der Waals surface area contributed by atoms with Crippen LogP contribution in [0.2, 0.25) is 0 Å². The van der Waals surface area contributed by atoms with Crippen LogP contribution in [0.25, 0.3) is 0 Å².